The number of aliphatic hydroxyl groups excluding tert-OH is 1. The first kappa shape index (κ1) is 24.7. The molecule has 4 rings (SSSR count). The number of hydrogen-bond acceptors (Lipinski definition) is 7. The highest BCUT2D eigenvalue weighted by atomic mass is 16.7. The minimum absolute atomic E-state index is 0.102. The summed E-state index contributed by atoms with van der Waals surface area (Å²) in [6.07, 6.45) is -1.03. The molecule has 0 aliphatic carbocycles. The molecule has 0 aromatic heterocycles. The molecule has 3 unspecified atom stereocenters. The molecule has 1 N–H and O–H groups in total. The first-order valence-electron chi connectivity index (χ1n) is 11.6. The van der Waals surface area contributed by atoms with E-state index < -0.39 is 18.7 Å². The van der Waals surface area contributed by atoms with Crippen LogP contribution < -0.4 is 4.74 Å². The highest BCUT2D eigenvalue weighted by molar-refractivity contribution is 5.27. The second-order valence-electron chi connectivity index (χ2n) is 8.25. The van der Waals surface area contributed by atoms with E-state index >= 15 is 0 Å². The minimum atomic E-state index is -0.579. The lowest BCUT2D eigenvalue weighted by molar-refractivity contribution is -0.349. The van der Waals surface area contributed by atoms with Crippen LogP contribution >= 0.6 is 0 Å². The van der Waals surface area contributed by atoms with Crippen LogP contribution in [0.1, 0.15) is 30.3 Å². The van der Waals surface area contributed by atoms with Crippen molar-refractivity contribution in [2.24, 2.45) is 5.92 Å². The zero-order valence-electron chi connectivity index (χ0n) is 19.6. The Morgan fingerprint density at radius 2 is 1.82 bits per heavy atom. The highest BCUT2D eigenvalue weighted by Gasteiger charge is 2.50. The summed E-state index contributed by atoms with van der Waals surface area (Å²) in [4.78, 5) is 0. The number of fused-ring (bicyclic) bond motifs is 1. The number of aliphatic hydroxyl groups is 1. The van der Waals surface area contributed by atoms with Gasteiger partial charge in [0.05, 0.1) is 20.3 Å². The van der Waals surface area contributed by atoms with Crippen molar-refractivity contribution < 1.29 is 33.5 Å². The summed E-state index contributed by atoms with van der Waals surface area (Å²) in [5.74, 6) is 6.85. The van der Waals surface area contributed by atoms with E-state index in [-0.39, 0.29) is 24.7 Å². The number of unbranched alkanes of at least 4 members (excludes halogenated alkanes) is 1. The van der Waals surface area contributed by atoms with Gasteiger partial charge in [0.15, 0.2) is 12.6 Å². The van der Waals surface area contributed by atoms with Crippen LogP contribution in [0, 0.1) is 17.8 Å². The summed E-state index contributed by atoms with van der Waals surface area (Å²) < 4.78 is 35.9. The SMILES string of the molecule is COc1ccc(COC2C(C#CCCCO)[C@@H](OC)O[C@@H]3COC(c4ccccc4)O[C@@H]23)cc1. The fraction of sp³-hybridized carbons (Fsp3) is 0.481. The molecule has 2 aliphatic heterocycles. The molecule has 7 nitrogen and oxygen atoms in total. The van der Waals surface area contributed by atoms with Gasteiger partial charge in [-0.2, -0.15) is 0 Å². The fourth-order valence-electron chi connectivity index (χ4n) is 4.18. The highest BCUT2D eigenvalue weighted by Crippen LogP contribution is 2.38. The van der Waals surface area contributed by atoms with Crippen LogP contribution in [0.5, 0.6) is 5.75 Å². The first-order valence-corrected chi connectivity index (χ1v) is 11.6. The monoisotopic (exact) mass is 468 g/mol. The van der Waals surface area contributed by atoms with Gasteiger partial charge in [0.25, 0.3) is 0 Å². The lowest BCUT2D eigenvalue weighted by Gasteiger charge is -2.47. The zero-order chi connectivity index (χ0) is 23.8. The van der Waals surface area contributed by atoms with E-state index in [1.807, 2.05) is 54.6 Å². The van der Waals surface area contributed by atoms with Crippen molar-refractivity contribution in [3.8, 4) is 17.6 Å². The summed E-state index contributed by atoms with van der Waals surface area (Å²) in [5.41, 5.74) is 1.95. The molecule has 6 atom stereocenters. The van der Waals surface area contributed by atoms with Gasteiger partial charge in [0.2, 0.25) is 0 Å². The van der Waals surface area contributed by atoms with Crippen molar-refractivity contribution in [3.63, 3.8) is 0 Å². The molecule has 2 aromatic rings. The predicted octanol–water partition coefficient (Wildman–Crippen LogP) is 3.46. The Hall–Kier alpha value is -2.44. The van der Waals surface area contributed by atoms with Gasteiger partial charge in [-0.05, 0) is 24.1 Å². The van der Waals surface area contributed by atoms with Crippen molar-refractivity contribution in [2.45, 2.75) is 50.3 Å². The van der Waals surface area contributed by atoms with Crippen LogP contribution in [0.15, 0.2) is 54.6 Å². The molecule has 0 saturated carbocycles. The second kappa shape index (κ2) is 12.3. The smallest absolute Gasteiger partial charge is 0.184 e. The zero-order valence-corrected chi connectivity index (χ0v) is 19.6. The fourth-order valence-corrected chi connectivity index (χ4v) is 4.18. The van der Waals surface area contributed by atoms with Crippen LogP contribution in [0.3, 0.4) is 0 Å². The average Bonchev–Trinajstić information content (AvgIpc) is 2.90. The first-order chi connectivity index (χ1) is 16.7. The summed E-state index contributed by atoms with van der Waals surface area (Å²) in [6.45, 7) is 0.839. The van der Waals surface area contributed by atoms with Crippen LogP contribution in [-0.2, 0) is 30.3 Å². The van der Waals surface area contributed by atoms with Gasteiger partial charge in [-0.25, -0.2) is 0 Å². The molecule has 2 fully saturated rings. The standard InChI is InChI=1S/C27H32O7/c1-29-21-14-12-19(13-15-21)17-31-24-22(11-7-4-8-16-28)27(30-2)33-23-18-32-26(34-25(23)24)20-9-5-3-6-10-20/h3,5-6,9-10,12-15,22-28H,4,8,16-18H2,1-2H3/t22?,23-,24?,25-,26?,27+/m1/s1. The van der Waals surface area contributed by atoms with Crippen molar-refractivity contribution in [3.05, 3.63) is 65.7 Å². The quantitative estimate of drug-likeness (QED) is 0.470. The van der Waals surface area contributed by atoms with Crippen LogP contribution in [0.25, 0.3) is 0 Å². The molecule has 0 spiro atoms. The number of hydrogen-bond donors (Lipinski definition) is 1. The van der Waals surface area contributed by atoms with Crippen molar-refractivity contribution in [1.82, 2.24) is 0 Å². The molecule has 2 aromatic carbocycles. The molecule has 0 radical (unpaired) electrons. The van der Waals surface area contributed by atoms with Gasteiger partial charge in [0.1, 0.15) is 30.0 Å². The van der Waals surface area contributed by atoms with E-state index in [2.05, 4.69) is 11.8 Å². The van der Waals surface area contributed by atoms with Crippen LogP contribution in [-0.4, -0.2) is 57.1 Å². The molecule has 0 bridgehead atoms. The van der Waals surface area contributed by atoms with Gasteiger partial charge in [-0.1, -0.05) is 48.4 Å². The molecule has 2 heterocycles. The number of methoxy groups -OCH3 is 2. The molecule has 2 aliphatic rings. The van der Waals surface area contributed by atoms with Crippen LogP contribution in [0.4, 0.5) is 0 Å². The predicted molar refractivity (Wildman–Crippen MR) is 125 cm³/mol. The van der Waals surface area contributed by atoms with Gasteiger partial charge in [-0.3, -0.25) is 0 Å². The van der Waals surface area contributed by atoms with E-state index in [4.69, 9.17) is 33.5 Å². The number of ether oxygens (including phenoxy) is 6. The molecule has 182 valence electrons. The van der Waals surface area contributed by atoms with E-state index in [9.17, 15) is 0 Å². The maximum Gasteiger partial charge on any atom is 0.184 e. The molecular formula is C27H32O7. The largest absolute Gasteiger partial charge is 0.497 e. The topological polar surface area (TPSA) is 75.6 Å². The van der Waals surface area contributed by atoms with Gasteiger partial charge in [0, 0.05) is 25.7 Å². The summed E-state index contributed by atoms with van der Waals surface area (Å²) >= 11 is 0. The molecule has 0 amide bonds. The molecule has 2 saturated heterocycles. The Kier molecular flexibility index (Phi) is 8.94. The van der Waals surface area contributed by atoms with E-state index in [1.54, 1.807) is 14.2 Å². The molecule has 34 heavy (non-hydrogen) atoms. The molecule has 7 heteroatoms. The third-order valence-corrected chi connectivity index (χ3v) is 5.97. The summed E-state index contributed by atoms with van der Waals surface area (Å²) in [7, 11) is 3.25. The van der Waals surface area contributed by atoms with Gasteiger partial charge in [-0.15, -0.1) is 5.92 Å². The Morgan fingerprint density at radius 1 is 1.03 bits per heavy atom. The maximum atomic E-state index is 9.11. The van der Waals surface area contributed by atoms with E-state index in [0.717, 1.165) is 16.9 Å². The van der Waals surface area contributed by atoms with Gasteiger partial charge < -0.3 is 33.5 Å². The lowest BCUT2D eigenvalue weighted by atomic mass is 9.90. The third-order valence-electron chi connectivity index (χ3n) is 5.97. The van der Waals surface area contributed by atoms with Crippen molar-refractivity contribution in [2.75, 3.05) is 27.4 Å². The summed E-state index contributed by atoms with van der Waals surface area (Å²) in [6, 6.07) is 17.6. The van der Waals surface area contributed by atoms with E-state index in [1.165, 1.54) is 0 Å². The van der Waals surface area contributed by atoms with Crippen molar-refractivity contribution >= 4 is 0 Å². The second-order valence-corrected chi connectivity index (χ2v) is 8.25. The number of benzene rings is 2. The maximum absolute atomic E-state index is 9.11. The van der Waals surface area contributed by atoms with Crippen LogP contribution in [0.2, 0.25) is 0 Å². The lowest BCUT2D eigenvalue weighted by Crippen LogP contribution is -2.60. The Labute approximate surface area is 200 Å². The van der Waals surface area contributed by atoms with E-state index in [0.29, 0.717) is 26.1 Å². The Bertz CT molecular complexity index is 937. The molecular weight excluding hydrogens is 436 g/mol. The van der Waals surface area contributed by atoms with Gasteiger partial charge >= 0.3 is 0 Å². The normalized spacial score (nSPS) is 28.4. The third kappa shape index (κ3) is 5.97. The Balaban J connectivity index is 1.57. The Morgan fingerprint density at radius 3 is 2.53 bits per heavy atom. The average molecular weight is 469 g/mol. The number of rotatable bonds is 8. The minimum Gasteiger partial charge on any atom is -0.497 e. The summed E-state index contributed by atoms with van der Waals surface area (Å²) in [5, 5.41) is 9.11. The van der Waals surface area contributed by atoms with Crippen molar-refractivity contribution in [1.29, 1.82) is 0 Å².